The van der Waals surface area contributed by atoms with Crippen molar-refractivity contribution < 1.29 is 19.4 Å². The lowest BCUT2D eigenvalue weighted by atomic mass is 10.1. The Morgan fingerprint density at radius 3 is 2.65 bits per heavy atom. The van der Waals surface area contributed by atoms with E-state index >= 15 is 0 Å². The van der Waals surface area contributed by atoms with Gasteiger partial charge in [0.05, 0.1) is 24.8 Å². The minimum absolute atomic E-state index is 0.126. The molecule has 26 heavy (non-hydrogen) atoms. The van der Waals surface area contributed by atoms with E-state index in [4.69, 9.17) is 9.47 Å². The van der Waals surface area contributed by atoms with Crippen LogP contribution in [0.3, 0.4) is 0 Å². The van der Waals surface area contributed by atoms with Gasteiger partial charge in [-0.3, -0.25) is 9.69 Å². The zero-order valence-corrected chi connectivity index (χ0v) is 15.4. The highest BCUT2D eigenvalue weighted by Gasteiger charge is 2.30. The van der Waals surface area contributed by atoms with Crippen molar-refractivity contribution in [1.29, 1.82) is 0 Å². The normalized spacial score (nSPS) is 17.2. The summed E-state index contributed by atoms with van der Waals surface area (Å²) in [5.41, 5.74) is 1.32. The molecule has 1 amide bonds. The summed E-state index contributed by atoms with van der Waals surface area (Å²) in [7, 11) is 4.83. The van der Waals surface area contributed by atoms with E-state index in [1.165, 1.54) is 16.7 Å². The molecule has 0 bridgehead atoms. The molecular weight excluding hydrogens is 352 g/mol. The first kappa shape index (κ1) is 17.9. The summed E-state index contributed by atoms with van der Waals surface area (Å²) in [4.78, 5) is 19.0. The first-order valence-corrected chi connectivity index (χ1v) is 8.61. The number of benzene rings is 2. The minimum atomic E-state index is -0.154. The van der Waals surface area contributed by atoms with Crippen LogP contribution in [0.4, 0.5) is 5.69 Å². The third kappa shape index (κ3) is 3.67. The topological polar surface area (TPSA) is 71.4 Å². The molecule has 0 aromatic heterocycles. The summed E-state index contributed by atoms with van der Waals surface area (Å²) in [5, 5.41) is 10.1. The molecule has 134 valence electrons. The second-order valence-electron chi connectivity index (χ2n) is 5.50. The Bertz CT molecular complexity index is 908. The number of hydrogen-bond acceptors (Lipinski definition) is 6. The summed E-state index contributed by atoms with van der Waals surface area (Å²) in [6.07, 6.45) is 1.76. The average molecular weight is 370 g/mol. The molecule has 0 saturated carbocycles. The van der Waals surface area contributed by atoms with E-state index in [9.17, 15) is 9.90 Å². The molecule has 0 radical (unpaired) electrons. The Morgan fingerprint density at radius 1 is 1.15 bits per heavy atom. The van der Waals surface area contributed by atoms with Gasteiger partial charge in [0.1, 0.15) is 17.2 Å². The lowest BCUT2D eigenvalue weighted by Crippen LogP contribution is -2.23. The number of rotatable bonds is 4. The van der Waals surface area contributed by atoms with Gasteiger partial charge in [0.2, 0.25) is 0 Å². The van der Waals surface area contributed by atoms with Gasteiger partial charge in [-0.1, -0.05) is 6.07 Å². The monoisotopic (exact) mass is 370 g/mol. The molecule has 7 heteroatoms. The summed E-state index contributed by atoms with van der Waals surface area (Å²) in [6.45, 7) is 0. The van der Waals surface area contributed by atoms with E-state index in [1.807, 2.05) is 6.07 Å². The van der Waals surface area contributed by atoms with Crippen molar-refractivity contribution in [2.75, 3.05) is 21.3 Å². The fourth-order valence-electron chi connectivity index (χ4n) is 2.42. The molecule has 1 heterocycles. The maximum absolute atomic E-state index is 12.6. The molecule has 0 atom stereocenters. The highest BCUT2D eigenvalue weighted by molar-refractivity contribution is 8.18. The van der Waals surface area contributed by atoms with Crippen LogP contribution in [0.15, 0.2) is 52.4 Å². The highest BCUT2D eigenvalue weighted by atomic mass is 32.2. The summed E-state index contributed by atoms with van der Waals surface area (Å²) >= 11 is 1.26. The molecule has 2 aromatic carbocycles. The van der Waals surface area contributed by atoms with E-state index in [0.717, 1.165) is 5.56 Å². The number of ether oxygens (including phenoxy) is 2. The number of aliphatic imine (C=N–C) groups is 1. The number of phenolic OH excluding ortho intramolecular Hbond substituents is 1. The van der Waals surface area contributed by atoms with Gasteiger partial charge < -0.3 is 14.6 Å². The maximum atomic E-state index is 12.6. The van der Waals surface area contributed by atoms with Crippen molar-refractivity contribution >= 4 is 34.6 Å². The summed E-state index contributed by atoms with van der Waals surface area (Å²) < 4.78 is 10.6. The summed E-state index contributed by atoms with van der Waals surface area (Å²) in [5.74, 6) is 1.29. The van der Waals surface area contributed by atoms with Gasteiger partial charge in [-0.25, -0.2) is 4.99 Å². The number of carbonyl (C=O) groups is 1. The van der Waals surface area contributed by atoms with E-state index < -0.39 is 0 Å². The molecule has 1 aliphatic rings. The van der Waals surface area contributed by atoms with E-state index in [-0.39, 0.29) is 11.7 Å². The Morgan fingerprint density at radius 2 is 1.96 bits per heavy atom. The molecule has 1 N–H and O–H groups in total. The molecule has 3 rings (SSSR count). The molecule has 1 fully saturated rings. The van der Waals surface area contributed by atoms with Crippen LogP contribution in [0.1, 0.15) is 5.56 Å². The van der Waals surface area contributed by atoms with E-state index in [2.05, 4.69) is 4.99 Å². The van der Waals surface area contributed by atoms with Crippen LogP contribution < -0.4 is 9.47 Å². The van der Waals surface area contributed by atoms with Crippen molar-refractivity contribution in [3.63, 3.8) is 0 Å². The SMILES string of the molecule is COc1ccc(OC)c(/C=C2\SC(=Nc3cccc(O)c3)N(C)C2=O)c1. The molecular formula is C19H18N2O4S. The Kier molecular flexibility index (Phi) is 5.18. The lowest BCUT2D eigenvalue weighted by Gasteiger charge is -2.08. The lowest BCUT2D eigenvalue weighted by molar-refractivity contribution is -0.121. The Hall–Kier alpha value is -2.93. The second kappa shape index (κ2) is 7.53. The van der Waals surface area contributed by atoms with Crippen LogP contribution in [-0.2, 0) is 4.79 Å². The molecule has 1 aliphatic heterocycles. The van der Waals surface area contributed by atoms with E-state index in [0.29, 0.717) is 27.3 Å². The predicted octanol–water partition coefficient (Wildman–Crippen LogP) is 3.64. The fourth-order valence-corrected chi connectivity index (χ4v) is 3.40. The van der Waals surface area contributed by atoms with Crippen LogP contribution in [0.25, 0.3) is 6.08 Å². The van der Waals surface area contributed by atoms with Crippen molar-refractivity contribution in [2.24, 2.45) is 4.99 Å². The number of likely N-dealkylation sites (N-methyl/N-ethyl adjacent to an activating group) is 1. The van der Waals surface area contributed by atoms with Crippen LogP contribution in [0.2, 0.25) is 0 Å². The number of thioether (sulfide) groups is 1. The highest BCUT2D eigenvalue weighted by Crippen LogP contribution is 2.35. The summed E-state index contributed by atoms with van der Waals surface area (Å²) in [6, 6.07) is 12.0. The van der Waals surface area contributed by atoms with Gasteiger partial charge in [0.15, 0.2) is 5.17 Å². The Balaban J connectivity index is 1.95. The molecule has 0 unspecified atom stereocenters. The smallest absolute Gasteiger partial charge is 0.266 e. The van der Waals surface area contributed by atoms with Gasteiger partial charge >= 0.3 is 0 Å². The van der Waals surface area contributed by atoms with Gasteiger partial charge in [-0.2, -0.15) is 0 Å². The number of hydrogen-bond donors (Lipinski definition) is 1. The quantitative estimate of drug-likeness (QED) is 0.832. The third-order valence-electron chi connectivity index (χ3n) is 3.78. The molecule has 0 spiro atoms. The molecule has 2 aromatic rings. The zero-order valence-electron chi connectivity index (χ0n) is 14.6. The number of amidine groups is 1. The van der Waals surface area contributed by atoms with Gasteiger partial charge in [-0.05, 0) is 48.2 Å². The second-order valence-corrected chi connectivity index (χ2v) is 6.51. The number of methoxy groups -OCH3 is 2. The number of nitrogens with zero attached hydrogens (tertiary/aromatic N) is 2. The molecule has 1 saturated heterocycles. The number of amides is 1. The van der Waals surface area contributed by atoms with Crippen molar-refractivity contribution in [3.8, 4) is 17.2 Å². The minimum Gasteiger partial charge on any atom is -0.508 e. The molecule has 6 nitrogen and oxygen atoms in total. The zero-order chi connectivity index (χ0) is 18.7. The fraction of sp³-hybridized carbons (Fsp3) is 0.158. The Labute approximate surface area is 155 Å². The average Bonchev–Trinajstić information content (AvgIpc) is 2.89. The van der Waals surface area contributed by atoms with Crippen molar-refractivity contribution in [3.05, 3.63) is 52.9 Å². The van der Waals surface area contributed by atoms with Crippen LogP contribution in [-0.4, -0.2) is 42.3 Å². The number of aromatic hydroxyl groups is 1. The third-order valence-corrected chi connectivity index (χ3v) is 4.84. The largest absolute Gasteiger partial charge is 0.508 e. The van der Waals surface area contributed by atoms with Gasteiger partial charge in [0.25, 0.3) is 5.91 Å². The van der Waals surface area contributed by atoms with Crippen molar-refractivity contribution in [2.45, 2.75) is 0 Å². The van der Waals surface area contributed by atoms with E-state index in [1.54, 1.807) is 63.7 Å². The van der Waals surface area contributed by atoms with Crippen LogP contribution in [0.5, 0.6) is 17.2 Å². The number of carbonyl (C=O) groups excluding carboxylic acids is 1. The van der Waals surface area contributed by atoms with Crippen molar-refractivity contribution in [1.82, 2.24) is 4.90 Å². The van der Waals surface area contributed by atoms with Gasteiger partial charge in [0, 0.05) is 18.7 Å². The standard InChI is InChI=1S/C19H18N2O4S/c1-21-18(23)17(10-12-9-15(24-2)7-8-16(12)25-3)26-19(21)20-13-5-4-6-14(22)11-13/h4-11,22H,1-3H3/b17-10-,20-19?. The number of phenols is 1. The molecule has 0 aliphatic carbocycles. The van der Waals surface area contributed by atoms with Crippen LogP contribution >= 0.6 is 11.8 Å². The van der Waals surface area contributed by atoms with Gasteiger partial charge in [-0.15, -0.1) is 0 Å². The first-order chi connectivity index (χ1) is 12.5. The first-order valence-electron chi connectivity index (χ1n) is 7.79. The van der Waals surface area contributed by atoms with Crippen LogP contribution in [0, 0.1) is 0 Å². The maximum Gasteiger partial charge on any atom is 0.266 e. The predicted molar refractivity (Wildman–Crippen MR) is 103 cm³/mol.